The summed E-state index contributed by atoms with van der Waals surface area (Å²) < 4.78 is 46.5. The van der Waals surface area contributed by atoms with Crippen molar-refractivity contribution in [2.24, 2.45) is 17.8 Å². The Morgan fingerprint density at radius 2 is 1.88 bits per heavy atom. The van der Waals surface area contributed by atoms with Gasteiger partial charge >= 0.3 is 6.09 Å². The molecular weight excluding hydrogens is 560 g/mol. The Balaban J connectivity index is 1.19. The van der Waals surface area contributed by atoms with E-state index in [1.165, 1.54) is 16.4 Å². The van der Waals surface area contributed by atoms with Gasteiger partial charge in [-0.05, 0) is 62.1 Å². The minimum atomic E-state index is -3.95. The first-order chi connectivity index (χ1) is 20.2. The molecule has 6 rings (SSSR count). The third-order valence-corrected chi connectivity index (χ3v) is 10.8. The molecule has 7 atom stereocenters. The van der Waals surface area contributed by atoms with Crippen LogP contribution in [0.4, 0.5) is 10.5 Å². The number of rotatable bonds is 11. The number of benzene rings is 2. The van der Waals surface area contributed by atoms with Gasteiger partial charge in [0.1, 0.15) is 6.10 Å². The molecule has 3 heterocycles. The highest BCUT2D eigenvalue weighted by Gasteiger charge is 2.53. The van der Waals surface area contributed by atoms with E-state index >= 15 is 0 Å². The molecule has 3 bridgehead atoms. The van der Waals surface area contributed by atoms with Crippen molar-refractivity contribution >= 4 is 21.8 Å². The van der Waals surface area contributed by atoms with Crippen molar-refractivity contribution in [2.45, 2.75) is 54.8 Å². The van der Waals surface area contributed by atoms with Crippen molar-refractivity contribution < 1.29 is 32.5 Å². The lowest BCUT2D eigenvalue weighted by Gasteiger charge is -2.40. The number of sulfonamides is 1. The zero-order valence-corrected chi connectivity index (χ0v) is 24.6. The maximum atomic E-state index is 13.8. The van der Waals surface area contributed by atoms with Gasteiger partial charge in [-0.2, -0.15) is 4.31 Å². The quantitative estimate of drug-likeness (QED) is 0.328. The average Bonchev–Trinajstić information content (AvgIpc) is 3.25. The predicted molar refractivity (Wildman–Crippen MR) is 155 cm³/mol. The number of amides is 1. The highest BCUT2D eigenvalue weighted by molar-refractivity contribution is 7.89. The zero-order valence-electron chi connectivity index (χ0n) is 23.7. The van der Waals surface area contributed by atoms with Gasteiger partial charge in [-0.1, -0.05) is 30.3 Å². The van der Waals surface area contributed by atoms with Gasteiger partial charge in [-0.25, -0.2) is 13.2 Å². The van der Waals surface area contributed by atoms with Crippen molar-refractivity contribution in [1.29, 1.82) is 0 Å². The van der Waals surface area contributed by atoms with E-state index in [9.17, 15) is 18.3 Å². The Hall–Kier alpha value is -2.74. The molecule has 3 aliphatic heterocycles. The second kappa shape index (κ2) is 12.1. The highest BCUT2D eigenvalue weighted by atomic mass is 32.2. The summed E-state index contributed by atoms with van der Waals surface area (Å²) in [6, 6.07) is 14.7. The molecular formula is C30H40N4O7S. The first-order valence-corrected chi connectivity index (χ1v) is 16.1. The third-order valence-electron chi connectivity index (χ3n) is 8.96. The van der Waals surface area contributed by atoms with Crippen molar-refractivity contribution in [2.75, 3.05) is 45.6 Å². The Morgan fingerprint density at radius 1 is 1.14 bits per heavy atom. The largest absolute Gasteiger partial charge is 0.443 e. The molecule has 3 saturated heterocycles. The number of carbonyl (C=O) groups is 1. The van der Waals surface area contributed by atoms with Gasteiger partial charge in [-0.3, -0.25) is 0 Å². The Kier molecular flexibility index (Phi) is 8.45. The van der Waals surface area contributed by atoms with Crippen molar-refractivity contribution in [3.63, 3.8) is 0 Å². The fourth-order valence-electron chi connectivity index (χ4n) is 6.81. The summed E-state index contributed by atoms with van der Waals surface area (Å²) in [5, 5.41) is 14.4. The van der Waals surface area contributed by atoms with E-state index in [0.717, 1.165) is 31.5 Å². The van der Waals surface area contributed by atoms with Crippen LogP contribution in [0.25, 0.3) is 0 Å². The van der Waals surface area contributed by atoms with Crippen LogP contribution in [-0.2, 0) is 30.7 Å². The van der Waals surface area contributed by atoms with Crippen LogP contribution < -0.4 is 11.1 Å². The fourth-order valence-corrected chi connectivity index (χ4v) is 8.34. The Morgan fingerprint density at radius 3 is 2.60 bits per heavy atom. The molecule has 0 spiro atoms. The summed E-state index contributed by atoms with van der Waals surface area (Å²) in [6.07, 6.45) is -0.748. The van der Waals surface area contributed by atoms with Crippen LogP contribution in [-0.4, -0.2) is 99.3 Å². The van der Waals surface area contributed by atoms with Crippen LogP contribution in [0, 0.1) is 17.8 Å². The number of nitrogens with zero attached hydrogens (tertiary/aromatic N) is 2. The lowest BCUT2D eigenvalue weighted by molar-refractivity contribution is -0.153. The summed E-state index contributed by atoms with van der Waals surface area (Å²) >= 11 is 0. The monoisotopic (exact) mass is 600 g/mol. The third kappa shape index (κ3) is 6.29. The molecule has 1 amide bonds. The number of nitrogens with two attached hydrogens (primary N) is 1. The first-order valence-electron chi connectivity index (χ1n) is 14.7. The zero-order chi connectivity index (χ0) is 29.4. The van der Waals surface area contributed by atoms with Crippen LogP contribution in [0.1, 0.15) is 18.4 Å². The number of ether oxygens (including phenoxy) is 3. The van der Waals surface area contributed by atoms with E-state index in [1.807, 2.05) is 37.4 Å². The van der Waals surface area contributed by atoms with Gasteiger partial charge < -0.3 is 35.3 Å². The molecule has 2 aromatic carbocycles. The lowest BCUT2D eigenvalue weighted by Crippen LogP contribution is -2.55. The summed E-state index contributed by atoms with van der Waals surface area (Å²) in [6.45, 7) is 2.07. The Labute approximate surface area is 247 Å². The number of aliphatic hydroxyl groups excluding tert-OH is 1. The number of nitrogen functional groups attached to an aromatic ring is 1. The summed E-state index contributed by atoms with van der Waals surface area (Å²) in [7, 11) is -1.96. The van der Waals surface area contributed by atoms with Gasteiger partial charge in [0.15, 0.2) is 6.29 Å². The predicted octanol–water partition coefficient (Wildman–Crippen LogP) is 1.67. The molecule has 1 saturated carbocycles. The van der Waals surface area contributed by atoms with Crippen molar-refractivity contribution in [1.82, 2.24) is 14.5 Å². The number of anilines is 1. The van der Waals surface area contributed by atoms with Crippen LogP contribution >= 0.6 is 0 Å². The van der Waals surface area contributed by atoms with Gasteiger partial charge in [-0.15, -0.1) is 0 Å². The number of nitrogens with one attached hydrogen (secondary N) is 1. The molecule has 12 heteroatoms. The number of carbonyl (C=O) groups excluding carboxylic acids is 1. The van der Waals surface area contributed by atoms with Crippen LogP contribution in [0.3, 0.4) is 0 Å². The van der Waals surface area contributed by atoms with E-state index < -0.39 is 34.4 Å². The van der Waals surface area contributed by atoms with E-state index in [1.54, 1.807) is 12.1 Å². The standard InChI is InChI=1S/C30H40N4O7S/c1-33-14-20(15-33)16-34(42(37,38)24-9-7-23(31)8-10-24)17-26(35)25(11-19-5-3-2-4-6-19)32-30(36)41-28-22-12-21-13-27(28)40-29(21)39-18-22/h2-10,20-22,25-29,35H,11-18,31H2,1H3,(H,32,36)/t21?,22?,25-,26+,27?,28?,29?/m0/s1. The second-order valence-corrected chi connectivity index (χ2v) is 14.2. The molecule has 5 unspecified atom stereocenters. The van der Waals surface area contributed by atoms with E-state index in [0.29, 0.717) is 24.6 Å². The van der Waals surface area contributed by atoms with Crippen molar-refractivity contribution in [3.05, 3.63) is 60.2 Å². The topological polar surface area (TPSA) is 144 Å². The maximum absolute atomic E-state index is 13.8. The van der Waals surface area contributed by atoms with Gasteiger partial charge in [0, 0.05) is 43.7 Å². The Bertz CT molecular complexity index is 1330. The molecule has 2 aromatic rings. The average molecular weight is 601 g/mol. The fraction of sp³-hybridized carbons (Fsp3) is 0.567. The minimum absolute atomic E-state index is 0.0666. The molecule has 4 N–H and O–H groups in total. The number of fused-ring (bicyclic) bond motifs is 2. The molecule has 0 radical (unpaired) electrons. The van der Waals surface area contributed by atoms with Gasteiger partial charge in [0.2, 0.25) is 10.0 Å². The highest BCUT2D eigenvalue weighted by Crippen LogP contribution is 2.46. The molecule has 4 fully saturated rings. The SMILES string of the molecule is CN1CC(CN(C[C@@H](O)[C@H](Cc2ccccc2)NC(=O)OC2C3COC4OC2CC4C3)S(=O)(=O)c2ccc(N)cc2)C1. The number of hydrogen-bond donors (Lipinski definition) is 3. The molecule has 42 heavy (non-hydrogen) atoms. The second-order valence-electron chi connectivity index (χ2n) is 12.2. The summed E-state index contributed by atoms with van der Waals surface area (Å²) in [5.41, 5.74) is 7.15. The van der Waals surface area contributed by atoms with E-state index in [4.69, 9.17) is 19.9 Å². The summed E-state index contributed by atoms with van der Waals surface area (Å²) in [5.74, 6) is 0.543. The summed E-state index contributed by atoms with van der Waals surface area (Å²) in [4.78, 5) is 15.5. The molecule has 228 valence electrons. The molecule has 1 aliphatic carbocycles. The van der Waals surface area contributed by atoms with Crippen molar-refractivity contribution in [3.8, 4) is 0 Å². The normalized spacial score (nSPS) is 28.8. The number of aliphatic hydroxyl groups is 1. The van der Waals surface area contributed by atoms with Crippen LogP contribution in [0.15, 0.2) is 59.5 Å². The van der Waals surface area contributed by atoms with Crippen LogP contribution in [0.2, 0.25) is 0 Å². The van der Waals surface area contributed by atoms with E-state index in [-0.39, 0.29) is 42.2 Å². The number of hydrogen-bond acceptors (Lipinski definition) is 9. The minimum Gasteiger partial charge on any atom is -0.443 e. The van der Waals surface area contributed by atoms with Gasteiger partial charge in [0.05, 0.1) is 29.8 Å². The molecule has 11 nitrogen and oxygen atoms in total. The molecule has 4 aliphatic rings. The number of likely N-dealkylation sites (tertiary alicyclic amines) is 1. The molecule has 0 aromatic heterocycles. The smallest absolute Gasteiger partial charge is 0.407 e. The van der Waals surface area contributed by atoms with Gasteiger partial charge in [0.25, 0.3) is 0 Å². The first kappa shape index (κ1) is 29.3. The maximum Gasteiger partial charge on any atom is 0.407 e. The number of alkyl carbamates (subject to hydrolysis) is 1. The lowest BCUT2D eigenvalue weighted by atomic mass is 9.78. The van der Waals surface area contributed by atoms with Crippen LogP contribution in [0.5, 0.6) is 0 Å². The van der Waals surface area contributed by atoms with E-state index in [2.05, 4.69) is 10.2 Å².